The fourth-order valence-electron chi connectivity index (χ4n) is 3.28. The van der Waals surface area contributed by atoms with Gasteiger partial charge in [0.1, 0.15) is 5.82 Å². The molecule has 27 heavy (non-hydrogen) atoms. The minimum atomic E-state index is -0.961. The number of nitrogens with two attached hydrogens (primary N) is 1. The minimum absolute atomic E-state index is 0.174. The molecule has 7 heteroatoms. The average Bonchev–Trinajstić information content (AvgIpc) is 2.67. The van der Waals surface area contributed by atoms with Gasteiger partial charge in [0, 0.05) is 18.8 Å². The third-order valence-corrected chi connectivity index (χ3v) is 4.92. The van der Waals surface area contributed by atoms with E-state index >= 15 is 0 Å². The number of rotatable bonds is 8. The molecule has 1 heterocycles. The molecular formula is C20H26N4O3. The number of hydrogen-bond acceptors (Lipinski definition) is 5. The number of aliphatic carboxylic acids is 1. The van der Waals surface area contributed by atoms with Gasteiger partial charge < -0.3 is 16.2 Å². The molecule has 0 aliphatic heterocycles. The predicted octanol–water partition coefficient (Wildman–Crippen LogP) is 3.39. The van der Waals surface area contributed by atoms with Crippen LogP contribution in [0.3, 0.4) is 0 Å². The summed E-state index contributed by atoms with van der Waals surface area (Å²) in [6.07, 6.45) is 2.36. The number of carboxylic acids is 1. The van der Waals surface area contributed by atoms with Gasteiger partial charge in [0.25, 0.3) is 5.91 Å². The molecule has 1 aromatic carbocycles. The van der Waals surface area contributed by atoms with E-state index in [1.165, 1.54) is 4.90 Å². The number of carbonyl (C=O) groups excluding carboxylic acids is 1. The summed E-state index contributed by atoms with van der Waals surface area (Å²) in [6.45, 7) is 3.77. The quantitative estimate of drug-likeness (QED) is 0.615. The maximum absolute atomic E-state index is 13.5. The van der Waals surface area contributed by atoms with E-state index in [2.05, 4.69) is 10.3 Å². The number of anilines is 3. The molecule has 0 saturated carbocycles. The van der Waals surface area contributed by atoms with Crippen LogP contribution in [-0.2, 0) is 4.79 Å². The Hall–Kier alpha value is -3.09. The van der Waals surface area contributed by atoms with Crippen LogP contribution in [-0.4, -0.2) is 34.6 Å². The van der Waals surface area contributed by atoms with E-state index in [9.17, 15) is 14.7 Å². The lowest BCUT2D eigenvalue weighted by atomic mass is 9.86. The van der Waals surface area contributed by atoms with Gasteiger partial charge in [0.05, 0.1) is 23.3 Å². The molecule has 1 amide bonds. The highest BCUT2D eigenvalue weighted by Crippen LogP contribution is 2.34. The number of nitrogens with zero attached hydrogens (tertiary/aromatic N) is 2. The zero-order valence-electron chi connectivity index (χ0n) is 15.9. The van der Waals surface area contributed by atoms with Crippen molar-refractivity contribution < 1.29 is 14.7 Å². The first-order valence-corrected chi connectivity index (χ1v) is 8.93. The monoisotopic (exact) mass is 370 g/mol. The summed E-state index contributed by atoms with van der Waals surface area (Å²) >= 11 is 0. The highest BCUT2D eigenvalue weighted by atomic mass is 16.4. The number of nitrogen functional groups attached to an aromatic ring is 1. The summed E-state index contributed by atoms with van der Waals surface area (Å²) in [4.78, 5) is 30.9. The van der Waals surface area contributed by atoms with Crippen LogP contribution >= 0.6 is 0 Å². The highest BCUT2D eigenvalue weighted by molar-refractivity contribution is 6.07. The lowest BCUT2D eigenvalue weighted by molar-refractivity contribution is -0.138. The van der Waals surface area contributed by atoms with E-state index in [4.69, 9.17) is 5.73 Å². The van der Waals surface area contributed by atoms with Crippen LogP contribution in [0.1, 0.15) is 43.5 Å². The average molecular weight is 370 g/mol. The highest BCUT2D eigenvalue weighted by Gasteiger charge is 2.41. The first-order chi connectivity index (χ1) is 12.9. The number of carboxylic acid groups (broad SMARTS) is 1. The molecule has 2 rings (SSSR count). The standard InChI is InChI=1S/C20H26N4O3/c1-4-20(5-2,13-18(25)26)24(17-8-6-7-11-23-17)19(27)14-9-10-16(22-3)15(21)12-14/h6-12,22H,4-5,13,21H2,1-3H3,(H,25,26). The van der Waals surface area contributed by atoms with E-state index in [1.54, 1.807) is 49.6 Å². The van der Waals surface area contributed by atoms with Crippen molar-refractivity contribution in [2.75, 3.05) is 23.0 Å². The molecule has 0 fully saturated rings. The normalized spacial score (nSPS) is 11.1. The number of pyridine rings is 1. The maximum atomic E-state index is 13.5. The SMILES string of the molecule is CCC(CC)(CC(=O)O)N(C(=O)c1ccc(NC)c(N)c1)c1ccccn1. The summed E-state index contributed by atoms with van der Waals surface area (Å²) in [5.41, 5.74) is 6.67. The first kappa shape index (κ1) is 20.2. The van der Waals surface area contributed by atoms with Crippen molar-refractivity contribution in [1.29, 1.82) is 0 Å². The van der Waals surface area contributed by atoms with Gasteiger partial charge in [-0.1, -0.05) is 19.9 Å². The van der Waals surface area contributed by atoms with Crippen molar-refractivity contribution in [2.24, 2.45) is 0 Å². The second-order valence-corrected chi connectivity index (χ2v) is 6.38. The Balaban J connectivity index is 2.60. The van der Waals surface area contributed by atoms with Crippen LogP contribution in [0.2, 0.25) is 0 Å². The third-order valence-electron chi connectivity index (χ3n) is 4.92. The van der Waals surface area contributed by atoms with E-state index in [0.29, 0.717) is 29.9 Å². The molecule has 144 valence electrons. The third kappa shape index (κ3) is 4.19. The number of carbonyl (C=O) groups is 2. The Morgan fingerprint density at radius 1 is 1.22 bits per heavy atom. The molecule has 0 atom stereocenters. The summed E-state index contributed by atoms with van der Waals surface area (Å²) in [7, 11) is 1.75. The Morgan fingerprint density at radius 2 is 1.93 bits per heavy atom. The van der Waals surface area contributed by atoms with Crippen LogP contribution in [0.15, 0.2) is 42.6 Å². The van der Waals surface area contributed by atoms with Crippen LogP contribution in [0.25, 0.3) is 0 Å². The van der Waals surface area contributed by atoms with Crippen molar-refractivity contribution in [2.45, 2.75) is 38.6 Å². The van der Waals surface area contributed by atoms with Crippen molar-refractivity contribution >= 4 is 29.1 Å². The van der Waals surface area contributed by atoms with Gasteiger partial charge in [-0.15, -0.1) is 0 Å². The van der Waals surface area contributed by atoms with Crippen molar-refractivity contribution in [1.82, 2.24) is 4.98 Å². The summed E-state index contributed by atoms with van der Waals surface area (Å²) in [5, 5.41) is 12.4. The van der Waals surface area contributed by atoms with Gasteiger partial charge in [0.15, 0.2) is 0 Å². The van der Waals surface area contributed by atoms with Gasteiger partial charge in [-0.3, -0.25) is 14.5 Å². The van der Waals surface area contributed by atoms with E-state index in [1.807, 2.05) is 13.8 Å². The number of nitrogens with one attached hydrogen (secondary N) is 1. The Labute approximate surface area is 159 Å². The van der Waals surface area contributed by atoms with Crippen LogP contribution < -0.4 is 16.0 Å². The molecule has 0 radical (unpaired) electrons. The predicted molar refractivity (Wildman–Crippen MR) is 107 cm³/mol. The number of benzene rings is 1. The number of amides is 1. The summed E-state index contributed by atoms with van der Waals surface area (Å²) in [5.74, 6) is -0.866. The second kappa shape index (κ2) is 8.53. The van der Waals surface area contributed by atoms with Crippen LogP contribution in [0.4, 0.5) is 17.2 Å². The van der Waals surface area contributed by atoms with Gasteiger partial charge in [-0.25, -0.2) is 4.98 Å². The Bertz CT molecular complexity index is 804. The van der Waals surface area contributed by atoms with E-state index in [-0.39, 0.29) is 12.3 Å². The molecule has 0 bridgehead atoms. The lowest BCUT2D eigenvalue weighted by Crippen LogP contribution is -2.53. The lowest BCUT2D eigenvalue weighted by Gasteiger charge is -2.41. The largest absolute Gasteiger partial charge is 0.481 e. The molecule has 2 aromatic rings. The minimum Gasteiger partial charge on any atom is -0.481 e. The number of aromatic nitrogens is 1. The molecule has 4 N–H and O–H groups in total. The molecule has 0 saturated heterocycles. The molecule has 0 aliphatic rings. The fraction of sp³-hybridized carbons (Fsp3) is 0.350. The van der Waals surface area contributed by atoms with E-state index in [0.717, 1.165) is 5.69 Å². The second-order valence-electron chi connectivity index (χ2n) is 6.38. The van der Waals surface area contributed by atoms with Gasteiger partial charge in [0.2, 0.25) is 0 Å². The topological polar surface area (TPSA) is 109 Å². The summed E-state index contributed by atoms with van der Waals surface area (Å²) < 4.78 is 0. The fourth-order valence-corrected chi connectivity index (χ4v) is 3.28. The van der Waals surface area contributed by atoms with Crippen LogP contribution in [0, 0.1) is 0 Å². The Kier molecular flexibility index (Phi) is 6.39. The van der Waals surface area contributed by atoms with Crippen molar-refractivity contribution in [3.63, 3.8) is 0 Å². The van der Waals surface area contributed by atoms with Crippen molar-refractivity contribution in [3.05, 3.63) is 48.2 Å². The smallest absolute Gasteiger partial charge is 0.305 e. The molecule has 7 nitrogen and oxygen atoms in total. The van der Waals surface area contributed by atoms with Gasteiger partial charge >= 0.3 is 5.97 Å². The van der Waals surface area contributed by atoms with Crippen LogP contribution in [0.5, 0.6) is 0 Å². The van der Waals surface area contributed by atoms with E-state index < -0.39 is 11.5 Å². The molecule has 0 unspecified atom stereocenters. The molecular weight excluding hydrogens is 344 g/mol. The summed E-state index contributed by atoms with van der Waals surface area (Å²) in [6, 6.07) is 10.2. The van der Waals surface area contributed by atoms with Gasteiger partial charge in [-0.2, -0.15) is 0 Å². The Morgan fingerprint density at radius 3 is 2.41 bits per heavy atom. The maximum Gasteiger partial charge on any atom is 0.305 e. The molecule has 0 aliphatic carbocycles. The zero-order chi connectivity index (χ0) is 20.0. The van der Waals surface area contributed by atoms with Gasteiger partial charge in [-0.05, 0) is 43.2 Å². The first-order valence-electron chi connectivity index (χ1n) is 8.93. The van der Waals surface area contributed by atoms with Crippen molar-refractivity contribution in [3.8, 4) is 0 Å². The zero-order valence-corrected chi connectivity index (χ0v) is 15.9. The molecule has 0 spiro atoms. The molecule has 1 aromatic heterocycles. The number of hydrogen-bond donors (Lipinski definition) is 3.